The Morgan fingerprint density at radius 2 is 1.10 bits per heavy atom. The predicted molar refractivity (Wildman–Crippen MR) is 20.2 cm³/mol. The van der Waals surface area contributed by atoms with Gasteiger partial charge in [0.25, 0.3) is 0 Å². The molecule has 10 heteroatoms. The largest absolute Gasteiger partial charge is 4.00 e. The topological polar surface area (TPSA) is 143 Å². The molecule has 0 atom stereocenters. The van der Waals surface area contributed by atoms with Crippen LogP contribution in [0.3, 0.4) is 0 Å². The molecule has 0 amide bonds. The zero-order valence-corrected chi connectivity index (χ0v) is 6.99. The predicted octanol–water partition coefficient (Wildman–Crippen LogP) is -2.34. The molecule has 0 N–H and O–H groups in total. The molecule has 10 heavy (non-hydrogen) atoms. The van der Waals surface area contributed by atoms with Crippen LogP contribution in [0, 0.1) is 0 Å². The number of hydrogen-bond donors (Lipinski definition) is 0. The second-order valence-electron chi connectivity index (χ2n) is 0.612. The van der Waals surface area contributed by atoms with Crippen LogP contribution in [0.15, 0.2) is 0 Å². The maximum atomic E-state index is 8.52. The Bertz CT molecular complexity index is 154. The van der Waals surface area contributed by atoms with Gasteiger partial charge in [-0.25, -0.2) is 0 Å². The fraction of sp³-hybridized carbons (Fsp3) is 0. The summed E-state index contributed by atoms with van der Waals surface area (Å²) in [6, 6.07) is 0. The van der Waals surface area contributed by atoms with Gasteiger partial charge in [0, 0.05) is 10.4 Å². The van der Waals surface area contributed by atoms with Crippen LogP contribution < -0.4 is 0 Å². The molecule has 0 saturated heterocycles. The molecule has 0 fully saturated rings. The van der Waals surface area contributed by atoms with Crippen LogP contribution in [0.2, 0.25) is 0 Å². The van der Waals surface area contributed by atoms with Gasteiger partial charge in [-0.2, -0.15) is 0 Å². The van der Waals surface area contributed by atoms with Crippen molar-refractivity contribution in [3.05, 3.63) is 0 Å². The molecule has 0 aliphatic rings. The molecule has 0 saturated carbocycles. The quantitative estimate of drug-likeness (QED) is 0.256. The van der Waals surface area contributed by atoms with Gasteiger partial charge in [0.1, 0.15) is 0 Å². The Balaban J connectivity index is -0.0000000910. The van der Waals surface area contributed by atoms with Gasteiger partial charge >= 0.3 is 17.4 Å². The minimum absolute atomic E-state index is 0. The van der Waals surface area contributed by atoms with Crippen LogP contribution in [-0.2, 0) is 39.1 Å². The fourth-order valence-corrected chi connectivity index (χ4v) is 0. The molecule has 0 unspecified atom stereocenters. The molecule has 0 radical (unpaired) electrons. The Morgan fingerprint density at radius 3 is 1.10 bits per heavy atom. The van der Waals surface area contributed by atoms with Crippen LogP contribution in [0.4, 0.5) is 0 Å². The minimum atomic E-state index is -5.17. The van der Waals surface area contributed by atoms with Gasteiger partial charge in [0.2, 0.25) is 0 Å². The first-order valence-corrected chi connectivity index (χ1v) is 3.50. The molecule has 0 heterocycles. The maximum absolute atomic E-state index is 8.52. The summed E-state index contributed by atoms with van der Waals surface area (Å²) < 4.78 is 59.4. The zero-order chi connectivity index (χ0) is 8.08. The van der Waals surface area contributed by atoms with E-state index in [0.717, 1.165) is 0 Å². The molecule has 0 aliphatic carbocycles. The van der Waals surface area contributed by atoms with Crippen LogP contribution in [0.5, 0.6) is 0 Å². The third-order valence-electron chi connectivity index (χ3n) is 0. The van der Waals surface area contributed by atoms with E-state index in [2.05, 4.69) is 0 Å². The van der Waals surface area contributed by atoms with Crippen LogP contribution in [-0.4, -0.2) is 30.8 Å². The third kappa shape index (κ3) is 2120. The summed E-state index contributed by atoms with van der Waals surface area (Å²) >= 11 is -3.11. The van der Waals surface area contributed by atoms with E-state index in [1.807, 2.05) is 0 Å². The molecule has 0 rings (SSSR count). The van der Waals surface area contributed by atoms with E-state index in [4.69, 9.17) is 30.8 Å². The summed E-state index contributed by atoms with van der Waals surface area (Å²) in [5, 5.41) is 0. The maximum Gasteiger partial charge on any atom is 4.00 e. The van der Waals surface area contributed by atoms with E-state index < -0.39 is 21.8 Å². The Kier molecular flexibility index (Phi) is 12.8. The average Bonchev–Trinajstić information content (AvgIpc) is 1.19. The van der Waals surface area contributed by atoms with Crippen molar-refractivity contribution in [3.8, 4) is 0 Å². The molecule has 0 spiro atoms. The van der Waals surface area contributed by atoms with Gasteiger partial charge in [0.05, 0.1) is 0 Å². The molecule has 0 aromatic heterocycles. The molecule has 0 aliphatic heterocycles. The SMILES string of the molecule is O=S(=O)([O-])[O-].O=S([O-])[O-].[Cr+4]. The molecular formula is CrO7S2. The molecule has 0 bridgehead atoms. The zero-order valence-electron chi connectivity index (χ0n) is 4.08. The van der Waals surface area contributed by atoms with E-state index in [1.54, 1.807) is 0 Å². The van der Waals surface area contributed by atoms with Crippen molar-refractivity contribution in [1.29, 1.82) is 0 Å². The number of rotatable bonds is 0. The summed E-state index contributed by atoms with van der Waals surface area (Å²) in [6.45, 7) is 0. The first kappa shape index (κ1) is 16.8. The summed E-state index contributed by atoms with van der Waals surface area (Å²) in [5.41, 5.74) is 0. The van der Waals surface area contributed by atoms with E-state index in [9.17, 15) is 0 Å². The van der Waals surface area contributed by atoms with Gasteiger partial charge in [-0.15, -0.1) is 11.4 Å². The molecule has 0 aromatic rings. The summed E-state index contributed by atoms with van der Waals surface area (Å²) in [4.78, 5) is 0. The normalized spacial score (nSPS) is 9.30. The monoisotopic (exact) mass is 228 g/mol. The second kappa shape index (κ2) is 7.58. The van der Waals surface area contributed by atoms with E-state index in [0.29, 0.717) is 0 Å². The summed E-state index contributed by atoms with van der Waals surface area (Å²) in [7, 11) is -5.17. The average molecular weight is 228 g/mol. The van der Waals surface area contributed by atoms with Crippen molar-refractivity contribution >= 4 is 21.8 Å². The minimum Gasteiger partial charge on any atom is -0.784 e. The van der Waals surface area contributed by atoms with E-state index in [-0.39, 0.29) is 17.4 Å². The molecule has 7 nitrogen and oxygen atoms in total. The third-order valence-corrected chi connectivity index (χ3v) is 0. The van der Waals surface area contributed by atoms with Crippen molar-refractivity contribution in [3.63, 3.8) is 0 Å². The van der Waals surface area contributed by atoms with Gasteiger partial charge in [0.15, 0.2) is 0 Å². The smallest absolute Gasteiger partial charge is 0.784 e. The van der Waals surface area contributed by atoms with E-state index >= 15 is 0 Å². The van der Waals surface area contributed by atoms with Crippen molar-refractivity contribution < 1.29 is 48.2 Å². The first-order chi connectivity index (χ1) is 3.73. The Labute approximate surface area is 70.3 Å². The van der Waals surface area contributed by atoms with E-state index in [1.165, 1.54) is 0 Å². The standard InChI is InChI=1S/Cr.H2O4S.H2O3S/c;1-5(2,3)4;1-4(2)3/h;(H2,1,2,3,4);(H2,1,2,3)/q+4;;/p-4. The van der Waals surface area contributed by atoms with Gasteiger partial charge < -0.3 is 18.2 Å². The molecule has 0 aromatic carbocycles. The van der Waals surface area contributed by atoms with Crippen molar-refractivity contribution in [2.75, 3.05) is 0 Å². The van der Waals surface area contributed by atoms with Crippen molar-refractivity contribution in [1.82, 2.24) is 0 Å². The van der Waals surface area contributed by atoms with Crippen LogP contribution in [0.25, 0.3) is 0 Å². The van der Waals surface area contributed by atoms with Crippen molar-refractivity contribution in [2.24, 2.45) is 0 Å². The summed E-state index contributed by atoms with van der Waals surface area (Å²) in [6.07, 6.45) is 0. The van der Waals surface area contributed by atoms with Crippen molar-refractivity contribution in [2.45, 2.75) is 0 Å². The van der Waals surface area contributed by atoms with Gasteiger partial charge in [-0.3, -0.25) is 12.6 Å². The Morgan fingerprint density at radius 1 is 1.10 bits per heavy atom. The fourth-order valence-electron chi connectivity index (χ4n) is 0. The van der Waals surface area contributed by atoms with Crippen LogP contribution >= 0.6 is 0 Å². The second-order valence-corrected chi connectivity index (χ2v) is 1.84. The number of hydrogen-bond acceptors (Lipinski definition) is 7. The molecule has 60 valence electrons. The molecular weight excluding hydrogens is 228 g/mol. The Hall–Kier alpha value is 0.472. The summed E-state index contributed by atoms with van der Waals surface area (Å²) in [5.74, 6) is 0. The first-order valence-electron chi connectivity index (χ1n) is 1.17. The van der Waals surface area contributed by atoms with Gasteiger partial charge in [-0.1, -0.05) is 0 Å². The van der Waals surface area contributed by atoms with Crippen LogP contribution in [0.1, 0.15) is 0 Å². The van der Waals surface area contributed by atoms with Gasteiger partial charge in [-0.05, 0) is 0 Å².